The molecule has 6 unspecified atom stereocenters. The van der Waals surface area contributed by atoms with Gasteiger partial charge in [-0.15, -0.1) is 0 Å². The molecule has 16 atom stereocenters. The summed E-state index contributed by atoms with van der Waals surface area (Å²) < 4.78 is 53.8. The van der Waals surface area contributed by atoms with Gasteiger partial charge in [0.05, 0.1) is 31.0 Å². The summed E-state index contributed by atoms with van der Waals surface area (Å²) in [5.41, 5.74) is 1.30. The maximum absolute atomic E-state index is 14.6. The molecule has 1 amide bonds. The zero-order chi connectivity index (χ0) is 52.8. The van der Waals surface area contributed by atoms with Gasteiger partial charge in [-0.2, -0.15) is 0 Å². The number of aliphatic hydroxyl groups excluding tert-OH is 1. The normalized spacial score (nSPS) is 31.8. The quantitative estimate of drug-likeness (QED) is 0.0276. The van der Waals surface area contributed by atoms with Gasteiger partial charge in [0.25, 0.3) is 11.7 Å². The Morgan fingerprint density at radius 3 is 2.31 bits per heavy atom. The fraction of sp³-hybridized carbons (Fsp3) is 0.759. The largest absolute Gasteiger partial charge is 0.460 e. The molecule has 4 fully saturated rings. The number of nitrogens with zero attached hydrogens (tertiary/aromatic N) is 1. The third-order valence-corrected chi connectivity index (χ3v) is 16.6. The van der Waals surface area contributed by atoms with Gasteiger partial charge in [0.1, 0.15) is 30.1 Å². The first kappa shape index (κ1) is 60.4. The highest BCUT2D eigenvalue weighted by Gasteiger charge is 2.57. The van der Waals surface area contributed by atoms with E-state index < -0.39 is 97.4 Å². The Kier molecular flexibility index (Phi) is 23.7. The second-order valence-electron chi connectivity index (χ2n) is 20.6. The van der Waals surface area contributed by atoms with Crippen LogP contribution < -0.4 is 0 Å². The van der Waals surface area contributed by atoms with Crippen molar-refractivity contribution in [3.05, 3.63) is 47.6 Å². The predicted molar refractivity (Wildman–Crippen MR) is 269 cm³/mol. The molecule has 4 rings (SSSR count). The van der Waals surface area contributed by atoms with E-state index >= 15 is 0 Å². The first-order valence-electron chi connectivity index (χ1n) is 25.9. The van der Waals surface area contributed by atoms with Crippen LogP contribution in [0.2, 0.25) is 0 Å². The fourth-order valence-electron chi connectivity index (χ4n) is 11.2. The third kappa shape index (κ3) is 16.2. The molecule has 402 valence electrons. The average molecular weight is 1020 g/mol. The number of piperidine rings is 1. The van der Waals surface area contributed by atoms with Gasteiger partial charge in [-0.1, -0.05) is 70.6 Å². The summed E-state index contributed by atoms with van der Waals surface area (Å²) >= 11 is 0. The number of amides is 1. The highest BCUT2D eigenvalue weighted by Crippen LogP contribution is 2.50. The van der Waals surface area contributed by atoms with Gasteiger partial charge >= 0.3 is 13.6 Å². The molecule has 17 heteroatoms. The van der Waals surface area contributed by atoms with E-state index in [-0.39, 0.29) is 43.2 Å². The summed E-state index contributed by atoms with van der Waals surface area (Å²) in [4.78, 5) is 70.9. The lowest BCUT2D eigenvalue weighted by Gasteiger charge is -2.50. The van der Waals surface area contributed by atoms with Gasteiger partial charge in [-0.3, -0.25) is 23.7 Å². The lowest BCUT2D eigenvalue weighted by molar-refractivity contribution is -0.266. The van der Waals surface area contributed by atoms with E-state index in [1.807, 2.05) is 31.2 Å². The summed E-state index contributed by atoms with van der Waals surface area (Å²) in [6, 6.07) is -1.17. The number of likely N-dealkylation sites (tertiary alicyclic amines) is 1. The molecule has 0 aromatic heterocycles. The van der Waals surface area contributed by atoms with Gasteiger partial charge < -0.3 is 47.8 Å². The Bertz CT molecular complexity index is 1980. The second kappa shape index (κ2) is 27.9. The highest BCUT2D eigenvalue weighted by atomic mass is 31.2. The minimum Gasteiger partial charge on any atom is -0.460 e. The van der Waals surface area contributed by atoms with Gasteiger partial charge in [0, 0.05) is 65.1 Å². The summed E-state index contributed by atoms with van der Waals surface area (Å²) in [5.74, 6) is -7.96. The van der Waals surface area contributed by atoms with Crippen molar-refractivity contribution in [2.45, 2.75) is 187 Å². The number of ether oxygens (including phenoxy) is 5. The minimum atomic E-state index is -3.35. The van der Waals surface area contributed by atoms with Crippen LogP contribution in [0.3, 0.4) is 0 Å². The predicted octanol–water partition coefficient (Wildman–Crippen LogP) is 8.06. The molecule has 4 aliphatic rings. The maximum atomic E-state index is 14.6. The number of carbonyl (C=O) groups excluding carboxylic acids is 5. The van der Waals surface area contributed by atoms with Crippen LogP contribution in [-0.2, 0) is 61.3 Å². The van der Waals surface area contributed by atoms with Crippen molar-refractivity contribution in [3.63, 3.8) is 0 Å². The summed E-state index contributed by atoms with van der Waals surface area (Å²) in [6.07, 6.45) is 12.9. The summed E-state index contributed by atoms with van der Waals surface area (Å²) in [5, 5.41) is 23.0. The molecule has 0 radical (unpaired) electrons. The molecule has 71 heavy (non-hydrogen) atoms. The molecule has 1 aliphatic carbocycles. The zero-order valence-corrected chi connectivity index (χ0v) is 45.4. The van der Waals surface area contributed by atoms with E-state index in [1.165, 1.54) is 25.6 Å². The van der Waals surface area contributed by atoms with E-state index in [0.717, 1.165) is 18.4 Å². The van der Waals surface area contributed by atoms with Crippen molar-refractivity contribution >= 4 is 36.8 Å². The van der Waals surface area contributed by atoms with Crippen molar-refractivity contribution in [1.29, 1.82) is 0 Å². The molecule has 0 spiro atoms. The number of methoxy groups -OCH3 is 3. The highest BCUT2D eigenvalue weighted by molar-refractivity contribution is 7.53. The van der Waals surface area contributed by atoms with E-state index in [1.54, 1.807) is 48.0 Å². The Balaban J connectivity index is 1.59. The number of cyclic esters (lactones) is 1. The number of hydrogen-bond acceptors (Lipinski definition) is 15. The number of aliphatic hydroxyl groups is 2. The number of hydrogen-bond donors (Lipinski definition) is 2. The molecule has 3 aliphatic heterocycles. The Labute approximate surface area is 423 Å². The number of carbonyl (C=O) groups is 5. The van der Waals surface area contributed by atoms with Crippen LogP contribution in [-0.4, -0.2) is 140 Å². The van der Waals surface area contributed by atoms with Crippen molar-refractivity contribution in [2.75, 3.05) is 41.1 Å². The van der Waals surface area contributed by atoms with E-state index in [0.29, 0.717) is 69.3 Å². The lowest BCUT2D eigenvalue weighted by Crippen LogP contribution is -2.65. The molecule has 0 aromatic carbocycles. The monoisotopic (exact) mass is 1020 g/mol. The van der Waals surface area contributed by atoms with Crippen LogP contribution in [0.1, 0.15) is 132 Å². The molecule has 0 aromatic rings. The van der Waals surface area contributed by atoms with Crippen LogP contribution >= 0.6 is 7.60 Å². The van der Waals surface area contributed by atoms with Crippen molar-refractivity contribution in [2.24, 2.45) is 35.5 Å². The molecule has 2 N–H and O–H groups in total. The Morgan fingerprint density at radius 1 is 0.958 bits per heavy atom. The molecule has 3 heterocycles. The summed E-state index contributed by atoms with van der Waals surface area (Å²) in [6.45, 7) is 16.0. The van der Waals surface area contributed by atoms with Gasteiger partial charge in [-0.25, -0.2) is 4.79 Å². The van der Waals surface area contributed by atoms with Gasteiger partial charge in [0.15, 0.2) is 5.78 Å². The summed E-state index contributed by atoms with van der Waals surface area (Å²) in [7, 11) is 1.14. The van der Waals surface area contributed by atoms with Crippen molar-refractivity contribution in [3.8, 4) is 0 Å². The first-order valence-corrected chi connectivity index (χ1v) is 27.9. The van der Waals surface area contributed by atoms with Crippen LogP contribution in [0.5, 0.6) is 0 Å². The number of rotatable bonds is 26. The molecule has 16 nitrogen and oxygen atoms in total. The lowest BCUT2D eigenvalue weighted by atomic mass is 9.68. The average Bonchev–Trinajstić information content (AvgIpc) is 3.32. The molecule has 1 saturated carbocycles. The van der Waals surface area contributed by atoms with E-state index in [4.69, 9.17) is 32.7 Å². The standard InChI is InChI=1S/C54H86NO15P/c1-13-19-33(3)20-16-15-17-21-34(4)45(64-9)31-40-25-23-37(7)54(62,69-40)51(59)52(60)55-27-18-22-41-42(29-39-24-26-44(47(30-39)65-10)70-71(12,63)67-14-2)46(68-53(61)48(41)55)32-43(57)35(5)28-36(6)49(58)50(66-11)38(8)56/h15-17,20-21,28,33,35,37,39-42,44-50,58,62H,13-14,18-19,22-27,29-32H2,1-12H3/b17-15+,20-16+,34-21+,36-28+/t33-,35?,37+,39-,40-,41+,42?,44+,45-,46-,47?,48?,49+,50-,54?,71?/m0/s1. The topological polar surface area (TPSA) is 211 Å². The minimum absolute atomic E-state index is 0.0149. The van der Waals surface area contributed by atoms with Gasteiger partial charge in [-0.05, 0) is 114 Å². The Hall–Kier alpha value is -3.18. The second-order valence-corrected chi connectivity index (χ2v) is 22.7. The van der Waals surface area contributed by atoms with Crippen LogP contribution in [0.4, 0.5) is 0 Å². The number of allylic oxidation sites excluding steroid dienone is 6. The fourth-order valence-corrected chi connectivity index (χ4v) is 12.4. The molecular formula is C54H86NO15P. The van der Waals surface area contributed by atoms with E-state index in [2.05, 4.69) is 19.9 Å². The van der Waals surface area contributed by atoms with Crippen molar-refractivity contribution in [1.82, 2.24) is 4.90 Å². The smallest absolute Gasteiger partial charge is 0.329 e. The van der Waals surface area contributed by atoms with Crippen LogP contribution in [0.15, 0.2) is 47.6 Å². The third-order valence-electron chi connectivity index (χ3n) is 15.2. The van der Waals surface area contributed by atoms with E-state index in [9.17, 15) is 38.8 Å². The zero-order valence-electron chi connectivity index (χ0n) is 44.5. The van der Waals surface area contributed by atoms with Crippen LogP contribution in [0, 0.1) is 35.5 Å². The van der Waals surface area contributed by atoms with Crippen molar-refractivity contribution < 1.29 is 71.5 Å². The van der Waals surface area contributed by atoms with Crippen LogP contribution in [0.25, 0.3) is 0 Å². The molecule has 3 saturated heterocycles. The number of ketones is 3. The number of esters is 1. The number of Topliss-reactive ketones (excluding diaryl/α,β-unsaturated/α-hetero) is 3. The maximum Gasteiger partial charge on any atom is 0.329 e. The molecular weight excluding hydrogens is 934 g/mol. The molecule has 0 bridgehead atoms. The van der Waals surface area contributed by atoms with Gasteiger partial charge in [0.2, 0.25) is 5.79 Å². The Morgan fingerprint density at radius 2 is 1.68 bits per heavy atom. The first-order chi connectivity index (χ1) is 33.5. The SMILES string of the molecule is CCC[C@H](C)/C=C/C=C/C=C(\C)[C@H](C[C@@H]1CC[C@@H](C)C(O)(C(=O)C(=O)N2CCC[C@@H]3C(C[C@@H]4CC[C@@H](OP(C)(=O)OCC)C(OC)C4)[C@H](CC(=O)C(C)/C=C(\C)[C@@H](O)[C@@H](OC)C(C)=O)OC(=O)C32)O1)OC. The number of fused-ring (bicyclic) bond motifs is 1.